The zero-order chi connectivity index (χ0) is 14.7. The number of halogens is 1. The molecule has 0 aliphatic rings. The molecular formula is C15H14BrN3O2. The van der Waals surface area contributed by atoms with Crippen molar-refractivity contribution in [2.24, 2.45) is 0 Å². The Kier molecular flexibility index (Phi) is 4.17. The average molecular weight is 348 g/mol. The highest BCUT2D eigenvalue weighted by molar-refractivity contribution is 9.10. The smallest absolute Gasteiger partial charge is 0.241 e. The SMILES string of the molecule is COc1ncnc2c(Br)cn(COCc3ccccc3)c12. The highest BCUT2D eigenvalue weighted by atomic mass is 79.9. The quantitative estimate of drug-likeness (QED) is 0.709. The van der Waals surface area contributed by atoms with E-state index in [-0.39, 0.29) is 0 Å². The Morgan fingerprint density at radius 1 is 1.19 bits per heavy atom. The number of hydrogen-bond donors (Lipinski definition) is 0. The first-order valence-electron chi connectivity index (χ1n) is 6.44. The molecule has 2 heterocycles. The van der Waals surface area contributed by atoms with E-state index in [0.29, 0.717) is 19.2 Å². The number of hydrogen-bond acceptors (Lipinski definition) is 4. The Labute approximate surface area is 130 Å². The summed E-state index contributed by atoms with van der Waals surface area (Å²) in [5, 5.41) is 0. The Hall–Kier alpha value is -1.92. The lowest BCUT2D eigenvalue weighted by molar-refractivity contribution is 0.0664. The molecule has 0 atom stereocenters. The zero-order valence-corrected chi connectivity index (χ0v) is 13.1. The lowest BCUT2D eigenvalue weighted by Crippen LogP contribution is -2.03. The van der Waals surface area contributed by atoms with Gasteiger partial charge in [-0.2, -0.15) is 4.98 Å². The van der Waals surface area contributed by atoms with Crippen molar-refractivity contribution in [2.45, 2.75) is 13.3 Å². The minimum absolute atomic E-state index is 0.403. The molecular weight excluding hydrogens is 334 g/mol. The van der Waals surface area contributed by atoms with Gasteiger partial charge >= 0.3 is 0 Å². The third-order valence-corrected chi connectivity index (χ3v) is 3.69. The van der Waals surface area contributed by atoms with Crippen LogP contribution in [-0.2, 0) is 18.1 Å². The predicted octanol–water partition coefficient (Wildman–Crippen LogP) is 3.38. The van der Waals surface area contributed by atoms with Gasteiger partial charge in [0.2, 0.25) is 5.88 Å². The fraction of sp³-hybridized carbons (Fsp3) is 0.200. The molecule has 0 spiro atoms. The maximum Gasteiger partial charge on any atom is 0.241 e. The Balaban J connectivity index is 1.81. The summed E-state index contributed by atoms with van der Waals surface area (Å²) in [4.78, 5) is 8.40. The number of benzene rings is 1. The Bertz CT molecular complexity index is 743. The summed E-state index contributed by atoms with van der Waals surface area (Å²) in [6.45, 7) is 0.953. The number of nitrogens with zero attached hydrogens (tertiary/aromatic N) is 3. The van der Waals surface area contributed by atoms with E-state index in [9.17, 15) is 0 Å². The van der Waals surface area contributed by atoms with E-state index in [4.69, 9.17) is 9.47 Å². The molecule has 0 saturated carbocycles. The summed E-state index contributed by atoms with van der Waals surface area (Å²) in [5.74, 6) is 0.536. The first kappa shape index (κ1) is 14.0. The second-order valence-corrected chi connectivity index (χ2v) is 5.34. The van der Waals surface area contributed by atoms with Gasteiger partial charge in [0, 0.05) is 6.20 Å². The van der Waals surface area contributed by atoms with Crippen molar-refractivity contribution >= 4 is 27.0 Å². The standard InChI is InChI=1S/C15H14BrN3O2/c1-20-15-14-13(17-9-18-15)12(16)7-19(14)10-21-8-11-5-3-2-4-6-11/h2-7,9H,8,10H2,1H3. The molecule has 0 fully saturated rings. The van der Waals surface area contributed by atoms with Crippen LogP contribution in [-0.4, -0.2) is 21.6 Å². The van der Waals surface area contributed by atoms with Crippen LogP contribution in [0.5, 0.6) is 5.88 Å². The summed E-state index contributed by atoms with van der Waals surface area (Å²) in [7, 11) is 1.60. The van der Waals surface area contributed by atoms with E-state index in [2.05, 4.69) is 25.9 Å². The van der Waals surface area contributed by atoms with E-state index in [0.717, 1.165) is 21.1 Å². The van der Waals surface area contributed by atoms with Crippen molar-refractivity contribution in [1.29, 1.82) is 0 Å². The van der Waals surface area contributed by atoms with Gasteiger partial charge in [-0.1, -0.05) is 30.3 Å². The number of rotatable bonds is 5. The monoisotopic (exact) mass is 347 g/mol. The summed E-state index contributed by atoms with van der Waals surface area (Å²) in [5.41, 5.74) is 2.77. The molecule has 0 amide bonds. The van der Waals surface area contributed by atoms with Gasteiger partial charge in [0.1, 0.15) is 24.1 Å². The molecule has 3 rings (SSSR count). The Morgan fingerprint density at radius 2 is 2.00 bits per heavy atom. The molecule has 2 aromatic heterocycles. The van der Waals surface area contributed by atoms with Crippen molar-refractivity contribution < 1.29 is 9.47 Å². The predicted molar refractivity (Wildman–Crippen MR) is 83.0 cm³/mol. The summed E-state index contributed by atoms with van der Waals surface area (Å²) in [6, 6.07) is 10.1. The molecule has 0 radical (unpaired) electrons. The maximum absolute atomic E-state index is 5.76. The number of ether oxygens (including phenoxy) is 2. The van der Waals surface area contributed by atoms with Crippen molar-refractivity contribution in [1.82, 2.24) is 14.5 Å². The van der Waals surface area contributed by atoms with Gasteiger partial charge in [-0.25, -0.2) is 4.98 Å². The molecule has 5 nitrogen and oxygen atoms in total. The van der Waals surface area contributed by atoms with Crippen LogP contribution in [0.1, 0.15) is 5.56 Å². The van der Waals surface area contributed by atoms with E-state index >= 15 is 0 Å². The average Bonchev–Trinajstić information content (AvgIpc) is 2.85. The van der Waals surface area contributed by atoms with Gasteiger partial charge < -0.3 is 14.0 Å². The van der Waals surface area contributed by atoms with Crippen LogP contribution in [0.3, 0.4) is 0 Å². The van der Waals surface area contributed by atoms with E-state index in [1.165, 1.54) is 6.33 Å². The van der Waals surface area contributed by atoms with Crippen LogP contribution >= 0.6 is 15.9 Å². The number of fused-ring (bicyclic) bond motifs is 1. The second-order valence-electron chi connectivity index (χ2n) is 4.49. The lowest BCUT2D eigenvalue weighted by Gasteiger charge is -2.08. The van der Waals surface area contributed by atoms with Crippen molar-refractivity contribution in [3.05, 3.63) is 52.9 Å². The van der Waals surface area contributed by atoms with Gasteiger partial charge in [0.05, 0.1) is 18.2 Å². The van der Waals surface area contributed by atoms with Crippen molar-refractivity contribution in [3.63, 3.8) is 0 Å². The highest BCUT2D eigenvalue weighted by Gasteiger charge is 2.13. The first-order valence-corrected chi connectivity index (χ1v) is 7.24. The van der Waals surface area contributed by atoms with Crippen LogP contribution in [0.25, 0.3) is 11.0 Å². The van der Waals surface area contributed by atoms with Crippen LogP contribution in [0.2, 0.25) is 0 Å². The molecule has 0 aliphatic carbocycles. The molecule has 3 aromatic rings. The maximum atomic E-state index is 5.76. The highest BCUT2D eigenvalue weighted by Crippen LogP contribution is 2.29. The molecule has 0 N–H and O–H groups in total. The summed E-state index contributed by atoms with van der Waals surface area (Å²) in [6.07, 6.45) is 3.41. The van der Waals surface area contributed by atoms with Crippen molar-refractivity contribution in [2.75, 3.05) is 7.11 Å². The van der Waals surface area contributed by atoms with Gasteiger partial charge in [-0.3, -0.25) is 0 Å². The van der Waals surface area contributed by atoms with Crippen LogP contribution in [0.15, 0.2) is 47.3 Å². The van der Waals surface area contributed by atoms with Crippen LogP contribution in [0, 0.1) is 0 Å². The zero-order valence-electron chi connectivity index (χ0n) is 11.5. The fourth-order valence-electron chi connectivity index (χ4n) is 2.15. The summed E-state index contributed by atoms with van der Waals surface area (Å²) < 4.78 is 13.9. The number of methoxy groups -OCH3 is 1. The van der Waals surface area contributed by atoms with Crippen molar-refractivity contribution in [3.8, 4) is 5.88 Å². The topological polar surface area (TPSA) is 49.2 Å². The molecule has 0 saturated heterocycles. The van der Waals surface area contributed by atoms with E-state index in [1.807, 2.05) is 41.1 Å². The van der Waals surface area contributed by atoms with Crippen LogP contribution < -0.4 is 4.74 Å². The van der Waals surface area contributed by atoms with Crippen LogP contribution in [0.4, 0.5) is 0 Å². The minimum Gasteiger partial charge on any atom is -0.479 e. The molecule has 108 valence electrons. The molecule has 6 heteroatoms. The third kappa shape index (κ3) is 2.91. The molecule has 0 aliphatic heterocycles. The molecule has 1 aromatic carbocycles. The molecule has 0 bridgehead atoms. The number of aromatic nitrogens is 3. The fourth-order valence-corrected chi connectivity index (χ4v) is 2.68. The second kappa shape index (κ2) is 6.24. The lowest BCUT2D eigenvalue weighted by atomic mass is 10.2. The van der Waals surface area contributed by atoms with Gasteiger partial charge in [0.25, 0.3) is 0 Å². The van der Waals surface area contributed by atoms with Gasteiger partial charge in [-0.05, 0) is 21.5 Å². The van der Waals surface area contributed by atoms with E-state index < -0.39 is 0 Å². The molecule has 0 unspecified atom stereocenters. The summed E-state index contributed by atoms with van der Waals surface area (Å²) >= 11 is 3.50. The Morgan fingerprint density at radius 3 is 2.76 bits per heavy atom. The minimum atomic E-state index is 0.403. The molecule has 21 heavy (non-hydrogen) atoms. The van der Waals surface area contributed by atoms with Gasteiger partial charge in [0.15, 0.2) is 0 Å². The largest absolute Gasteiger partial charge is 0.479 e. The normalized spacial score (nSPS) is 11.0. The van der Waals surface area contributed by atoms with E-state index in [1.54, 1.807) is 7.11 Å². The van der Waals surface area contributed by atoms with Gasteiger partial charge in [-0.15, -0.1) is 0 Å². The third-order valence-electron chi connectivity index (χ3n) is 3.11. The first-order chi connectivity index (χ1) is 10.3.